The van der Waals surface area contributed by atoms with E-state index in [0.717, 1.165) is 32.6 Å². The summed E-state index contributed by atoms with van der Waals surface area (Å²) < 4.78 is 13.5. The summed E-state index contributed by atoms with van der Waals surface area (Å²) in [7, 11) is 0. The maximum Gasteiger partial charge on any atom is 0.328 e. The third kappa shape index (κ3) is 3.59. The second-order valence-corrected chi connectivity index (χ2v) is 9.82. The summed E-state index contributed by atoms with van der Waals surface area (Å²) in [6.45, 7) is 6.09. The molecule has 0 bridgehead atoms. The van der Waals surface area contributed by atoms with Gasteiger partial charge >= 0.3 is 6.03 Å². The summed E-state index contributed by atoms with van der Waals surface area (Å²) in [4.78, 5) is 46.8. The van der Waals surface area contributed by atoms with E-state index in [-0.39, 0.29) is 18.3 Å². The highest BCUT2D eigenvalue weighted by atomic mass is 19.1. The lowest BCUT2D eigenvalue weighted by molar-refractivity contribution is -0.140. The zero-order valence-electron chi connectivity index (χ0n) is 20.1. The minimum atomic E-state index is -1.20. The maximum atomic E-state index is 13.9. The molecule has 3 aromatic rings. The number of aromatic amines is 1. The average Bonchev–Trinajstić information content (AvgIpc) is 3.29. The molecule has 7 nitrogen and oxygen atoms in total. The number of hydrogen-bond donors (Lipinski definition) is 2. The van der Waals surface area contributed by atoms with Crippen LogP contribution in [0, 0.1) is 11.7 Å². The number of aromatic nitrogens is 1. The quantitative estimate of drug-likeness (QED) is 0.532. The van der Waals surface area contributed by atoms with Crippen LogP contribution < -0.4 is 5.32 Å². The van der Waals surface area contributed by atoms with Crippen molar-refractivity contribution in [2.75, 3.05) is 13.1 Å². The molecule has 8 heteroatoms. The molecule has 2 N–H and O–H groups in total. The summed E-state index contributed by atoms with van der Waals surface area (Å²) in [6, 6.07) is 12.7. The van der Waals surface area contributed by atoms with Crippen molar-refractivity contribution in [3.63, 3.8) is 0 Å². The van der Waals surface area contributed by atoms with Crippen LogP contribution in [0.4, 0.5) is 9.18 Å². The first-order valence-corrected chi connectivity index (χ1v) is 12.0. The van der Waals surface area contributed by atoms with Gasteiger partial charge < -0.3 is 15.2 Å². The molecule has 1 saturated heterocycles. The van der Waals surface area contributed by atoms with Crippen molar-refractivity contribution in [2.24, 2.45) is 5.92 Å². The number of nitrogens with zero attached hydrogens (tertiary/aromatic N) is 2. The van der Waals surface area contributed by atoms with Crippen molar-refractivity contribution >= 4 is 28.7 Å². The van der Waals surface area contributed by atoms with Crippen molar-refractivity contribution < 1.29 is 18.8 Å². The number of carbonyl (C=O) groups is 3. The van der Waals surface area contributed by atoms with Gasteiger partial charge in [-0.1, -0.05) is 44.2 Å². The summed E-state index contributed by atoms with van der Waals surface area (Å²) in [5, 5.41) is 3.90. The van der Waals surface area contributed by atoms with Crippen LogP contribution in [0.2, 0.25) is 0 Å². The largest absolute Gasteiger partial charge is 0.356 e. The van der Waals surface area contributed by atoms with E-state index in [4.69, 9.17) is 0 Å². The molecule has 0 aliphatic carbocycles. The fourth-order valence-corrected chi connectivity index (χ4v) is 5.51. The minimum absolute atomic E-state index is 0.273. The van der Waals surface area contributed by atoms with E-state index in [1.165, 1.54) is 12.1 Å². The van der Waals surface area contributed by atoms with Gasteiger partial charge in [0.1, 0.15) is 11.9 Å². The predicted molar refractivity (Wildman–Crippen MR) is 130 cm³/mol. The SMILES string of the molecule is CC(C)[C@@H](C(=O)NCCc1cccc(F)c1)N1C(=O)N2CCc3c([nH]c4ccccc34)[C@@]2(C)C1=O. The van der Waals surface area contributed by atoms with Crippen LogP contribution in [0.1, 0.15) is 37.6 Å². The monoisotopic (exact) mass is 476 g/mol. The van der Waals surface area contributed by atoms with Crippen LogP contribution in [0.15, 0.2) is 48.5 Å². The van der Waals surface area contributed by atoms with Crippen molar-refractivity contribution in [1.29, 1.82) is 0 Å². The first-order valence-electron chi connectivity index (χ1n) is 12.0. The Morgan fingerprint density at radius 2 is 1.94 bits per heavy atom. The number of imide groups is 1. The zero-order chi connectivity index (χ0) is 24.9. The van der Waals surface area contributed by atoms with E-state index in [2.05, 4.69) is 10.3 Å². The molecule has 2 aliphatic heterocycles. The molecule has 2 aliphatic rings. The number of carbonyl (C=O) groups excluding carboxylic acids is 3. The fraction of sp³-hybridized carbons (Fsp3) is 0.370. The molecular weight excluding hydrogens is 447 g/mol. The number of rotatable bonds is 6. The number of halogens is 1. The summed E-state index contributed by atoms with van der Waals surface area (Å²) in [5.41, 5.74) is 2.26. The molecular formula is C27H29FN4O3. The summed E-state index contributed by atoms with van der Waals surface area (Å²) in [5.74, 6) is -1.40. The first kappa shape index (κ1) is 23.1. The van der Waals surface area contributed by atoms with E-state index in [1.54, 1.807) is 24.0 Å². The van der Waals surface area contributed by atoms with E-state index >= 15 is 0 Å². The Kier molecular flexibility index (Phi) is 5.62. The topological polar surface area (TPSA) is 85.5 Å². The summed E-state index contributed by atoms with van der Waals surface area (Å²) >= 11 is 0. The van der Waals surface area contributed by atoms with Crippen molar-refractivity contribution in [1.82, 2.24) is 20.1 Å². The van der Waals surface area contributed by atoms with Gasteiger partial charge in [-0.3, -0.25) is 9.59 Å². The van der Waals surface area contributed by atoms with Crippen LogP contribution >= 0.6 is 0 Å². The summed E-state index contributed by atoms with van der Waals surface area (Å²) in [6.07, 6.45) is 1.08. The Morgan fingerprint density at radius 3 is 2.69 bits per heavy atom. The molecule has 1 aromatic heterocycles. The van der Waals surface area contributed by atoms with Crippen LogP contribution in [0.25, 0.3) is 10.9 Å². The number of H-pyrrole nitrogens is 1. The van der Waals surface area contributed by atoms with E-state index in [0.29, 0.717) is 19.4 Å². The lowest BCUT2D eigenvalue weighted by atomic mass is 9.86. The van der Waals surface area contributed by atoms with Gasteiger partial charge in [0.2, 0.25) is 5.91 Å². The number of para-hydroxylation sites is 1. The molecule has 2 aromatic carbocycles. The maximum absolute atomic E-state index is 13.9. The molecule has 182 valence electrons. The Hall–Kier alpha value is -3.68. The molecule has 3 heterocycles. The molecule has 35 heavy (non-hydrogen) atoms. The van der Waals surface area contributed by atoms with Gasteiger partial charge in [0.25, 0.3) is 5.91 Å². The van der Waals surface area contributed by atoms with Crippen LogP contribution in [-0.4, -0.2) is 51.8 Å². The molecule has 0 spiro atoms. The Labute approximate surface area is 203 Å². The molecule has 0 radical (unpaired) electrons. The molecule has 5 rings (SSSR count). The minimum Gasteiger partial charge on any atom is -0.356 e. The van der Waals surface area contributed by atoms with Gasteiger partial charge in [0.05, 0.1) is 5.69 Å². The predicted octanol–water partition coefficient (Wildman–Crippen LogP) is 3.73. The van der Waals surface area contributed by atoms with E-state index in [9.17, 15) is 18.8 Å². The third-order valence-electron chi connectivity index (χ3n) is 7.28. The Bertz CT molecular complexity index is 1330. The van der Waals surface area contributed by atoms with Gasteiger partial charge in [-0.25, -0.2) is 14.1 Å². The highest BCUT2D eigenvalue weighted by Gasteiger charge is 2.61. The number of benzene rings is 2. The van der Waals surface area contributed by atoms with Gasteiger partial charge in [-0.15, -0.1) is 0 Å². The fourth-order valence-electron chi connectivity index (χ4n) is 5.51. The van der Waals surface area contributed by atoms with Gasteiger partial charge in [0, 0.05) is 24.0 Å². The average molecular weight is 477 g/mol. The van der Waals surface area contributed by atoms with Crippen LogP contribution in [0.3, 0.4) is 0 Å². The number of hydrogen-bond acceptors (Lipinski definition) is 3. The first-order chi connectivity index (χ1) is 16.7. The molecule has 4 amide bonds. The molecule has 2 atom stereocenters. The second-order valence-electron chi connectivity index (χ2n) is 9.82. The smallest absolute Gasteiger partial charge is 0.328 e. The van der Waals surface area contributed by atoms with Gasteiger partial charge in [0.15, 0.2) is 5.54 Å². The number of nitrogens with one attached hydrogen (secondary N) is 2. The second kappa shape index (κ2) is 8.52. The lowest BCUT2D eigenvalue weighted by Crippen LogP contribution is -2.53. The third-order valence-corrected chi connectivity index (χ3v) is 7.28. The Balaban J connectivity index is 1.41. The standard InChI is InChI=1S/C27H29FN4O3/c1-16(2)22(24(33)29-13-11-17-7-6-8-18(28)15-17)32-25(34)27(3)23-20(12-14-31(27)26(32)35)19-9-4-5-10-21(19)30-23/h4-10,15-16,22,30H,11-14H2,1-3H3,(H,29,33)/t22-,27-/m0/s1. The van der Waals surface area contributed by atoms with Crippen molar-refractivity contribution in [3.05, 3.63) is 71.2 Å². The lowest BCUT2D eigenvalue weighted by Gasteiger charge is -2.36. The molecule has 1 fully saturated rings. The van der Waals surface area contributed by atoms with Crippen molar-refractivity contribution in [3.8, 4) is 0 Å². The highest BCUT2D eigenvalue weighted by molar-refractivity contribution is 6.11. The number of urea groups is 1. The van der Waals surface area contributed by atoms with E-state index < -0.39 is 29.4 Å². The number of amides is 4. The number of fused-ring (bicyclic) bond motifs is 5. The van der Waals surface area contributed by atoms with E-state index in [1.807, 2.05) is 38.1 Å². The van der Waals surface area contributed by atoms with Gasteiger partial charge in [-0.05, 0) is 55.0 Å². The zero-order valence-corrected chi connectivity index (χ0v) is 20.1. The van der Waals surface area contributed by atoms with Crippen LogP contribution in [-0.2, 0) is 28.0 Å². The van der Waals surface area contributed by atoms with Crippen molar-refractivity contribution in [2.45, 2.75) is 45.2 Å². The van der Waals surface area contributed by atoms with Gasteiger partial charge in [-0.2, -0.15) is 0 Å². The Morgan fingerprint density at radius 1 is 1.17 bits per heavy atom. The normalized spacial score (nSPS) is 20.4. The highest BCUT2D eigenvalue weighted by Crippen LogP contribution is 2.45. The van der Waals surface area contributed by atoms with Crippen LogP contribution in [0.5, 0.6) is 0 Å². The molecule has 0 unspecified atom stereocenters. The molecule has 0 saturated carbocycles.